The normalized spacial score (nSPS) is 11.8. The van der Waals surface area contributed by atoms with Crippen molar-refractivity contribution < 1.29 is 9.53 Å². The van der Waals surface area contributed by atoms with Gasteiger partial charge in [0.25, 0.3) is 0 Å². The van der Waals surface area contributed by atoms with Crippen LogP contribution in [0.1, 0.15) is 33.6 Å². The van der Waals surface area contributed by atoms with Gasteiger partial charge in [0, 0.05) is 0 Å². The van der Waals surface area contributed by atoms with E-state index >= 15 is 0 Å². The lowest BCUT2D eigenvalue weighted by Crippen LogP contribution is -2.48. The maximum Gasteiger partial charge on any atom is 0.325 e. The summed E-state index contributed by atoms with van der Waals surface area (Å²) in [6.07, 6.45) is 2.25. The zero-order chi connectivity index (χ0) is 10.5. The molecule has 0 heterocycles. The van der Waals surface area contributed by atoms with Gasteiger partial charge in [-0.05, 0) is 33.9 Å². The Hall–Kier alpha value is -0.570. The zero-order valence-electron chi connectivity index (χ0n) is 9.39. The molecule has 0 rings (SSSR count). The van der Waals surface area contributed by atoms with Gasteiger partial charge >= 0.3 is 5.97 Å². The van der Waals surface area contributed by atoms with Crippen LogP contribution in [0.25, 0.3) is 0 Å². The average Bonchev–Trinajstić information content (AvgIpc) is 2.12. The van der Waals surface area contributed by atoms with Gasteiger partial charge in [0.05, 0.1) is 7.11 Å². The third-order valence-corrected chi connectivity index (χ3v) is 2.49. The lowest BCUT2D eigenvalue weighted by atomic mass is 10.0. The number of hydrogen-bond donors (Lipinski definition) is 0. The summed E-state index contributed by atoms with van der Waals surface area (Å²) in [5.41, 5.74) is -0.510. The maximum atomic E-state index is 11.4. The molecule has 3 heteroatoms. The Kier molecular flexibility index (Phi) is 4.99. The molecule has 0 aromatic heterocycles. The summed E-state index contributed by atoms with van der Waals surface area (Å²) in [4.78, 5) is 13.4. The van der Waals surface area contributed by atoms with Gasteiger partial charge in [-0.15, -0.1) is 0 Å². The topological polar surface area (TPSA) is 29.5 Å². The van der Waals surface area contributed by atoms with Gasteiger partial charge in [-0.3, -0.25) is 9.69 Å². The van der Waals surface area contributed by atoms with Crippen LogP contribution in [-0.2, 0) is 9.53 Å². The second-order valence-corrected chi connectivity index (χ2v) is 3.83. The quantitative estimate of drug-likeness (QED) is 0.613. The van der Waals surface area contributed by atoms with Crippen molar-refractivity contribution in [1.29, 1.82) is 0 Å². The second-order valence-electron chi connectivity index (χ2n) is 3.83. The molecule has 0 unspecified atom stereocenters. The van der Waals surface area contributed by atoms with Gasteiger partial charge in [0.15, 0.2) is 0 Å². The van der Waals surface area contributed by atoms with E-state index in [9.17, 15) is 4.79 Å². The Morgan fingerprint density at radius 2 is 2.00 bits per heavy atom. The Morgan fingerprint density at radius 1 is 1.46 bits per heavy atom. The van der Waals surface area contributed by atoms with Gasteiger partial charge in [-0.25, -0.2) is 0 Å². The fourth-order valence-electron chi connectivity index (χ4n) is 1.08. The first kappa shape index (κ1) is 12.4. The van der Waals surface area contributed by atoms with Crippen molar-refractivity contribution in [3.8, 4) is 0 Å². The number of esters is 1. The highest BCUT2D eigenvalue weighted by Gasteiger charge is 2.32. The highest BCUT2D eigenvalue weighted by Crippen LogP contribution is 2.14. The molecule has 0 amide bonds. The molecule has 0 aliphatic heterocycles. The highest BCUT2D eigenvalue weighted by atomic mass is 16.5. The Bertz CT molecular complexity index is 166. The van der Waals surface area contributed by atoms with Crippen molar-refractivity contribution in [3.63, 3.8) is 0 Å². The summed E-state index contributed by atoms with van der Waals surface area (Å²) in [5.74, 6) is -0.175. The Morgan fingerprint density at radius 3 is 2.38 bits per heavy atom. The van der Waals surface area contributed by atoms with Gasteiger partial charge < -0.3 is 4.74 Å². The number of carbonyl (C=O) groups is 1. The van der Waals surface area contributed by atoms with Crippen molar-refractivity contribution in [3.05, 3.63) is 0 Å². The highest BCUT2D eigenvalue weighted by molar-refractivity contribution is 5.79. The van der Waals surface area contributed by atoms with Crippen molar-refractivity contribution in [2.75, 3.05) is 20.7 Å². The molecule has 13 heavy (non-hydrogen) atoms. The van der Waals surface area contributed by atoms with Crippen LogP contribution in [0.2, 0.25) is 0 Å². The summed E-state index contributed by atoms with van der Waals surface area (Å²) in [6, 6.07) is 0. The van der Waals surface area contributed by atoms with Crippen LogP contribution in [0.3, 0.4) is 0 Å². The molecule has 0 bridgehead atoms. The molecule has 0 aromatic rings. The minimum absolute atomic E-state index is 0.175. The van der Waals surface area contributed by atoms with Gasteiger partial charge in [-0.2, -0.15) is 0 Å². The van der Waals surface area contributed by atoms with Crippen molar-refractivity contribution in [2.24, 2.45) is 0 Å². The summed E-state index contributed by atoms with van der Waals surface area (Å²) >= 11 is 0. The van der Waals surface area contributed by atoms with Crippen LogP contribution >= 0.6 is 0 Å². The fraction of sp³-hybridized carbons (Fsp3) is 0.900. The minimum atomic E-state index is -0.510. The van der Waals surface area contributed by atoms with Crippen molar-refractivity contribution >= 4 is 5.97 Å². The SMILES string of the molecule is CCCCN(C)C(C)(C)C(=O)OC. The van der Waals surface area contributed by atoms with E-state index in [0.29, 0.717) is 0 Å². The number of carbonyl (C=O) groups excluding carboxylic acids is 1. The number of unbranched alkanes of at least 4 members (excludes halogenated alkanes) is 1. The van der Waals surface area contributed by atoms with Crippen LogP contribution in [0.4, 0.5) is 0 Å². The van der Waals surface area contributed by atoms with Crippen molar-refractivity contribution in [1.82, 2.24) is 4.90 Å². The summed E-state index contributed by atoms with van der Waals surface area (Å²) in [5, 5.41) is 0. The monoisotopic (exact) mass is 187 g/mol. The molecule has 0 aliphatic rings. The molecule has 0 atom stereocenters. The summed E-state index contributed by atoms with van der Waals surface area (Å²) in [6.45, 7) is 6.83. The first-order chi connectivity index (χ1) is 5.96. The van der Waals surface area contributed by atoms with Crippen molar-refractivity contribution in [2.45, 2.75) is 39.2 Å². The van der Waals surface area contributed by atoms with Crippen LogP contribution in [0.5, 0.6) is 0 Å². The van der Waals surface area contributed by atoms with Crippen LogP contribution in [0, 0.1) is 0 Å². The third kappa shape index (κ3) is 3.35. The second kappa shape index (κ2) is 5.22. The average molecular weight is 187 g/mol. The molecule has 0 fully saturated rings. The molecule has 0 aromatic carbocycles. The van der Waals surface area contributed by atoms with Crippen LogP contribution in [0.15, 0.2) is 0 Å². The standard InChI is InChI=1S/C10H21NO2/c1-6-7-8-11(4)10(2,3)9(12)13-5/h6-8H2,1-5H3. The van der Waals surface area contributed by atoms with E-state index in [1.54, 1.807) is 0 Å². The maximum absolute atomic E-state index is 11.4. The van der Waals surface area contributed by atoms with E-state index in [4.69, 9.17) is 4.74 Å². The molecule has 0 N–H and O–H groups in total. The van der Waals surface area contributed by atoms with Gasteiger partial charge in [0.1, 0.15) is 5.54 Å². The number of rotatable bonds is 5. The molecule has 78 valence electrons. The lowest BCUT2D eigenvalue weighted by Gasteiger charge is -2.32. The molecule has 3 nitrogen and oxygen atoms in total. The first-order valence-corrected chi connectivity index (χ1v) is 4.76. The van der Waals surface area contributed by atoms with Crippen LogP contribution in [-0.4, -0.2) is 37.1 Å². The Labute approximate surface area is 81.1 Å². The Balaban J connectivity index is 4.17. The first-order valence-electron chi connectivity index (χ1n) is 4.76. The van der Waals surface area contributed by atoms with E-state index in [-0.39, 0.29) is 5.97 Å². The predicted octanol–water partition coefficient (Wildman–Crippen LogP) is 1.67. The number of nitrogens with zero attached hydrogens (tertiary/aromatic N) is 1. The van der Waals surface area contributed by atoms with E-state index < -0.39 is 5.54 Å². The van der Waals surface area contributed by atoms with E-state index in [2.05, 4.69) is 6.92 Å². The van der Waals surface area contributed by atoms with E-state index in [1.165, 1.54) is 7.11 Å². The molecule has 0 radical (unpaired) electrons. The zero-order valence-corrected chi connectivity index (χ0v) is 9.39. The van der Waals surface area contributed by atoms with E-state index in [1.807, 2.05) is 25.8 Å². The number of likely N-dealkylation sites (N-methyl/N-ethyl adjacent to an activating group) is 1. The molecular weight excluding hydrogens is 166 g/mol. The largest absolute Gasteiger partial charge is 0.468 e. The van der Waals surface area contributed by atoms with Gasteiger partial charge in [0.2, 0.25) is 0 Å². The van der Waals surface area contributed by atoms with E-state index in [0.717, 1.165) is 19.4 Å². The third-order valence-electron chi connectivity index (χ3n) is 2.49. The summed E-state index contributed by atoms with van der Waals surface area (Å²) < 4.78 is 4.74. The molecule has 0 saturated heterocycles. The van der Waals surface area contributed by atoms with Crippen LogP contribution < -0.4 is 0 Å². The molecule has 0 aliphatic carbocycles. The van der Waals surface area contributed by atoms with Gasteiger partial charge in [-0.1, -0.05) is 13.3 Å². The molecular formula is C10H21NO2. The lowest BCUT2D eigenvalue weighted by molar-refractivity contribution is -0.152. The number of methoxy groups -OCH3 is 1. The molecule has 0 saturated carbocycles. The number of ether oxygens (including phenoxy) is 1. The fourth-order valence-corrected chi connectivity index (χ4v) is 1.08. The summed E-state index contributed by atoms with van der Waals surface area (Å²) in [7, 11) is 3.38. The smallest absolute Gasteiger partial charge is 0.325 e. The number of hydrogen-bond acceptors (Lipinski definition) is 3. The molecule has 0 spiro atoms. The predicted molar refractivity (Wildman–Crippen MR) is 53.6 cm³/mol. The minimum Gasteiger partial charge on any atom is -0.468 e.